The molecule has 1 rings (SSSR count). The Morgan fingerprint density at radius 3 is 2.15 bits per heavy atom. The highest BCUT2D eigenvalue weighted by Gasteiger charge is 2.21. The van der Waals surface area contributed by atoms with E-state index in [9.17, 15) is 14.7 Å². The third kappa shape index (κ3) is 3.73. The lowest BCUT2D eigenvalue weighted by atomic mass is 10.1. The number of hydrogen-bond donors (Lipinski definition) is 1. The summed E-state index contributed by atoms with van der Waals surface area (Å²) in [7, 11) is 1.61. The molecular formula is C15H22N2O3. The van der Waals surface area contributed by atoms with E-state index in [0.29, 0.717) is 18.8 Å². The summed E-state index contributed by atoms with van der Waals surface area (Å²) in [6.07, 6.45) is 1.75. The summed E-state index contributed by atoms with van der Waals surface area (Å²) in [6.45, 7) is 5.38. The zero-order valence-electron chi connectivity index (χ0n) is 12.3. The van der Waals surface area contributed by atoms with Crippen LogP contribution in [0, 0.1) is 0 Å². The molecule has 110 valence electrons. The Labute approximate surface area is 119 Å². The first kappa shape index (κ1) is 16.0. The number of anilines is 1. The summed E-state index contributed by atoms with van der Waals surface area (Å²) in [4.78, 5) is 26.8. The van der Waals surface area contributed by atoms with Crippen molar-refractivity contribution in [1.29, 1.82) is 0 Å². The second kappa shape index (κ2) is 7.53. The van der Waals surface area contributed by atoms with E-state index >= 15 is 0 Å². The minimum atomic E-state index is -1.03. The Hall–Kier alpha value is -2.04. The highest BCUT2D eigenvalue weighted by molar-refractivity contribution is 6.01. The first-order chi connectivity index (χ1) is 9.52. The number of rotatable bonds is 6. The Balaban J connectivity index is 3.01. The van der Waals surface area contributed by atoms with Crippen LogP contribution in [0.2, 0.25) is 0 Å². The van der Waals surface area contributed by atoms with Crippen molar-refractivity contribution < 1.29 is 14.7 Å². The second-order valence-corrected chi connectivity index (χ2v) is 4.65. The molecule has 0 radical (unpaired) electrons. The molecule has 0 aliphatic heterocycles. The first-order valence-corrected chi connectivity index (χ1v) is 6.87. The number of benzene rings is 1. The predicted octanol–water partition coefficient (Wildman–Crippen LogP) is 3.06. The van der Waals surface area contributed by atoms with Gasteiger partial charge in [-0.3, -0.25) is 4.90 Å². The normalized spacial score (nSPS) is 10.2. The molecule has 0 bridgehead atoms. The van der Waals surface area contributed by atoms with Crippen LogP contribution in [0.5, 0.6) is 0 Å². The van der Waals surface area contributed by atoms with Gasteiger partial charge in [-0.15, -0.1) is 0 Å². The van der Waals surface area contributed by atoms with E-state index in [1.165, 1.54) is 11.0 Å². The van der Waals surface area contributed by atoms with E-state index in [-0.39, 0.29) is 11.6 Å². The SMILES string of the molecule is CCCN(CCC)C(=O)N(C)c1ccccc1C(=O)O. The van der Waals surface area contributed by atoms with E-state index in [2.05, 4.69) is 0 Å². The van der Waals surface area contributed by atoms with Crippen LogP contribution in [0.25, 0.3) is 0 Å². The average molecular weight is 278 g/mol. The molecular weight excluding hydrogens is 256 g/mol. The highest BCUT2D eigenvalue weighted by atomic mass is 16.4. The second-order valence-electron chi connectivity index (χ2n) is 4.65. The quantitative estimate of drug-likeness (QED) is 0.870. The van der Waals surface area contributed by atoms with Gasteiger partial charge in [0.1, 0.15) is 0 Å². The zero-order valence-corrected chi connectivity index (χ0v) is 12.3. The molecule has 0 saturated carbocycles. The van der Waals surface area contributed by atoms with Crippen molar-refractivity contribution in [3.8, 4) is 0 Å². The summed E-state index contributed by atoms with van der Waals surface area (Å²) in [6, 6.07) is 6.38. The Bertz CT molecular complexity index is 468. The fourth-order valence-corrected chi connectivity index (χ4v) is 2.11. The van der Waals surface area contributed by atoms with Gasteiger partial charge in [0.25, 0.3) is 0 Å². The largest absolute Gasteiger partial charge is 0.478 e. The molecule has 0 fully saturated rings. The number of carboxylic acids is 1. The maximum atomic E-state index is 12.5. The summed E-state index contributed by atoms with van der Waals surface area (Å²) < 4.78 is 0. The van der Waals surface area contributed by atoms with Crippen molar-refractivity contribution in [3.05, 3.63) is 29.8 Å². The molecule has 0 spiro atoms. The van der Waals surface area contributed by atoms with Crippen molar-refractivity contribution in [2.24, 2.45) is 0 Å². The monoisotopic (exact) mass is 278 g/mol. The molecule has 0 aliphatic carbocycles. The molecule has 0 saturated heterocycles. The molecule has 2 amide bonds. The van der Waals surface area contributed by atoms with Gasteiger partial charge in [0.2, 0.25) is 0 Å². The van der Waals surface area contributed by atoms with Gasteiger partial charge < -0.3 is 10.0 Å². The van der Waals surface area contributed by atoms with Crippen molar-refractivity contribution in [2.45, 2.75) is 26.7 Å². The van der Waals surface area contributed by atoms with Crippen LogP contribution in [0.1, 0.15) is 37.0 Å². The lowest BCUT2D eigenvalue weighted by Gasteiger charge is -2.28. The fraction of sp³-hybridized carbons (Fsp3) is 0.467. The van der Waals surface area contributed by atoms with Crippen LogP contribution in [-0.2, 0) is 0 Å². The minimum Gasteiger partial charge on any atom is -0.478 e. The number of hydrogen-bond acceptors (Lipinski definition) is 2. The molecule has 20 heavy (non-hydrogen) atoms. The maximum Gasteiger partial charge on any atom is 0.337 e. The number of para-hydroxylation sites is 1. The lowest BCUT2D eigenvalue weighted by Crippen LogP contribution is -2.42. The minimum absolute atomic E-state index is 0.135. The fourth-order valence-electron chi connectivity index (χ4n) is 2.11. The van der Waals surface area contributed by atoms with E-state index in [1.807, 2.05) is 13.8 Å². The van der Waals surface area contributed by atoms with Crippen molar-refractivity contribution in [2.75, 3.05) is 25.0 Å². The van der Waals surface area contributed by atoms with Crippen molar-refractivity contribution in [1.82, 2.24) is 4.90 Å². The average Bonchev–Trinajstić information content (AvgIpc) is 2.45. The Morgan fingerprint density at radius 1 is 1.10 bits per heavy atom. The summed E-state index contributed by atoms with van der Waals surface area (Å²) in [5.41, 5.74) is 0.554. The Morgan fingerprint density at radius 2 is 1.65 bits per heavy atom. The standard InChI is InChI=1S/C15H22N2O3/c1-4-10-17(11-5-2)15(20)16(3)13-9-7-6-8-12(13)14(18)19/h6-9H,4-5,10-11H2,1-3H3,(H,18,19). The van der Waals surface area contributed by atoms with E-state index in [0.717, 1.165) is 12.8 Å². The number of carbonyl (C=O) groups is 2. The topological polar surface area (TPSA) is 60.9 Å². The van der Waals surface area contributed by atoms with Gasteiger partial charge in [-0.05, 0) is 25.0 Å². The van der Waals surface area contributed by atoms with Crippen LogP contribution in [-0.4, -0.2) is 42.1 Å². The molecule has 1 N–H and O–H groups in total. The van der Waals surface area contributed by atoms with Gasteiger partial charge >= 0.3 is 12.0 Å². The van der Waals surface area contributed by atoms with Crippen LogP contribution >= 0.6 is 0 Å². The number of aromatic carboxylic acids is 1. The van der Waals surface area contributed by atoms with Gasteiger partial charge in [-0.2, -0.15) is 0 Å². The summed E-state index contributed by atoms with van der Waals surface area (Å²) in [5, 5.41) is 9.19. The number of amides is 2. The zero-order chi connectivity index (χ0) is 15.1. The number of carbonyl (C=O) groups excluding carboxylic acids is 1. The van der Waals surface area contributed by atoms with E-state index in [1.54, 1.807) is 30.1 Å². The van der Waals surface area contributed by atoms with Crippen LogP contribution in [0.4, 0.5) is 10.5 Å². The molecule has 5 heteroatoms. The van der Waals surface area contributed by atoms with E-state index < -0.39 is 5.97 Å². The van der Waals surface area contributed by atoms with Crippen molar-refractivity contribution >= 4 is 17.7 Å². The van der Waals surface area contributed by atoms with Gasteiger partial charge in [-0.1, -0.05) is 26.0 Å². The maximum absolute atomic E-state index is 12.5. The molecule has 0 unspecified atom stereocenters. The molecule has 5 nitrogen and oxygen atoms in total. The van der Waals surface area contributed by atoms with Gasteiger partial charge in [0, 0.05) is 20.1 Å². The summed E-state index contributed by atoms with van der Waals surface area (Å²) in [5.74, 6) is -1.03. The highest BCUT2D eigenvalue weighted by Crippen LogP contribution is 2.20. The van der Waals surface area contributed by atoms with Crippen LogP contribution in [0.3, 0.4) is 0 Å². The molecule has 0 atom stereocenters. The number of nitrogens with zero attached hydrogens (tertiary/aromatic N) is 2. The summed E-state index contributed by atoms with van der Waals surface area (Å²) >= 11 is 0. The molecule has 0 aliphatic rings. The molecule has 0 heterocycles. The van der Waals surface area contributed by atoms with Crippen LogP contribution < -0.4 is 4.90 Å². The first-order valence-electron chi connectivity index (χ1n) is 6.87. The molecule has 1 aromatic carbocycles. The van der Waals surface area contributed by atoms with E-state index in [4.69, 9.17) is 0 Å². The Kier molecular flexibility index (Phi) is 6.03. The smallest absolute Gasteiger partial charge is 0.337 e. The third-order valence-corrected chi connectivity index (χ3v) is 3.04. The molecule has 1 aromatic rings. The number of carboxylic acid groups (broad SMARTS) is 1. The third-order valence-electron chi connectivity index (χ3n) is 3.04. The number of urea groups is 1. The predicted molar refractivity (Wildman–Crippen MR) is 79.4 cm³/mol. The lowest BCUT2D eigenvalue weighted by molar-refractivity contribution is 0.0697. The van der Waals surface area contributed by atoms with Crippen LogP contribution in [0.15, 0.2) is 24.3 Å². The molecule has 0 aromatic heterocycles. The van der Waals surface area contributed by atoms with Gasteiger partial charge in [0.15, 0.2) is 0 Å². The van der Waals surface area contributed by atoms with Gasteiger partial charge in [0.05, 0.1) is 11.3 Å². The van der Waals surface area contributed by atoms with Gasteiger partial charge in [-0.25, -0.2) is 9.59 Å². The van der Waals surface area contributed by atoms with Crippen molar-refractivity contribution in [3.63, 3.8) is 0 Å².